The van der Waals surface area contributed by atoms with Crippen molar-refractivity contribution in [3.8, 4) is 0 Å². The van der Waals surface area contributed by atoms with Gasteiger partial charge in [0.05, 0.1) is 6.04 Å². The normalized spacial score (nSPS) is 19.1. The van der Waals surface area contributed by atoms with E-state index in [0.29, 0.717) is 6.54 Å². The Morgan fingerprint density at radius 1 is 1.47 bits per heavy atom. The topological polar surface area (TPSA) is 55.1 Å². The summed E-state index contributed by atoms with van der Waals surface area (Å²) in [6.07, 6.45) is 4.57. The molecule has 104 valence electrons. The summed E-state index contributed by atoms with van der Waals surface area (Å²) in [5, 5.41) is 3.73. The summed E-state index contributed by atoms with van der Waals surface area (Å²) in [5.74, 6) is -0.0895. The molecular formula is C15H21ClN2O. The SMILES string of the molecule is C[C@@H](N)C(=O)NCC1(c2cccc(Cl)c2)CCCC1. The molecule has 1 aliphatic rings. The van der Waals surface area contributed by atoms with E-state index in [4.69, 9.17) is 17.3 Å². The van der Waals surface area contributed by atoms with E-state index >= 15 is 0 Å². The zero-order valence-corrected chi connectivity index (χ0v) is 12.0. The molecule has 1 amide bonds. The van der Waals surface area contributed by atoms with Gasteiger partial charge in [-0.3, -0.25) is 4.79 Å². The van der Waals surface area contributed by atoms with Crippen molar-refractivity contribution in [3.05, 3.63) is 34.9 Å². The van der Waals surface area contributed by atoms with Crippen LogP contribution < -0.4 is 11.1 Å². The zero-order chi connectivity index (χ0) is 13.9. The van der Waals surface area contributed by atoms with Crippen LogP contribution in [0.5, 0.6) is 0 Å². The largest absolute Gasteiger partial charge is 0.354 e. The molecule has 0 unspecified atom stereocenters. The van der Waals surface area contributed by atoms with Gasteiger partial charge in [0.1, 0.15) is 0 Å². The van der Waals surface area contributed by atoms with Crippen LogP contribution >= 0.6 is 11.6 Å². The first-order valence-electron chi connectivity index (χ1n) is 6.83. The molecule has 3 N–H and O–H groups in total. The van der Waals surface area contributed by atoms with Crippen molar-refractivity contribution in [2.24, 2.45) is 5.73 Å². The van der Waals surface area contributed by atoms with E-state index in [0.717, 1.165) is 17.9 Å². The fourth-order valence-electron chi connectivity index (χ4n) is 2.85. The lowest BCUT2D eigenvalue weighted by Gasteiger charge is -2.30. The van der Waals surface area contributed by atoms with Gasteiger partial charge in [0.2, 0.25) is 5.91 Å². The van der Waals surface area contributed by atoms with Gasteiger partial charge in [-0.2, -0.15) is 0 Å². The number of carbonyl (C=O) groups is 1. The van der Waals surface area contributed by atoms with Gasteiger partial charge in [-0.05, 0) is 37.5 Å². The van der Waals surface area contributed by atoms with Gasteiger partial charge in [0.15, 0.2) is 0 Å². The molecule has 1 aliphatic carbocycles. The Hall–Kier alpha value is -1.06. The van der Waals surface area contributed by atoms with Gasteiger partial charge >= 0.3 is 0 Å². The number of halogens is 1. The summed E-state index contributed by atoms with van der Waals surface area (Å²) in [7, 11) is 0. The second-order valence-corrected chi connectivity index (χ2v) is 5.94. The van der Waals surface area contributed by atoms with E-state index in [1.54, 1.807) is 6.92 Å². The van der Waals surface area contributed by atoms with Gasteiger partial charge in [-0.1, -0.05) is 36.6 Å². The second kappa shape index (κ2) is 5.93. The Balaban J connectivity index is 2.16. The van der Waals surface area contributed by atoms with Crippen LogP contribution in [-0.2, 0) is 10.2 Å². The lowest BCUT2D eigenvalue weighted by molar-refractivity contribution is -0.122. The third-order valence-corrected chi connectivity index (χ3v) is 4.25. The highest BCUT2D eigenvalue weighted by Gasteiger charge is 2.36. The predicted octanol–water partition coefficient (Wildman–Crippen LogP) is 2.62. The number of carbonyl (C=O) groups excluding carboxylic acids is 1. The molecule has 1 aromatic carbocycles. The molecule has 0 bridgehead atoms. The fraction of sp³-hybridized carbons (Fsp3) is 0.533. The van der Waals surface area contributed by atoms with Crippen LogP contribution in [-0.4, -0.2) is 18.5 Å². The van der Waals surface area contributed by atoms with Gasteiger partial charge in [-0.15, -0.1) is 0 Å². The lowest BCUT2D eigenvalue weighted by Crippen LogP contribution is -2.45. The smallest absolute Gasteiger partial charge is 0.236 e. The Bertz CT molecular complexity index is 453. The number of amides is 1. The number of benzene rings is 1. The highest BCUT2D eigenvalue weighted by atomic mass is 35.5. The number of nitrogens with two attached hydrogens (primary N) is 1. The van der Waals surface area contributed by atoms with Gasteiger partial charge in [-0.25, -0.2) is 0 Å². The van der Waals surface area contributed by atoms with Crippen molar-refractivity contribution in [3.63, 3.8) is 0 Å². The molecule has 0 saturated heterocycles. The van der Waals surface area contributed by atoms with Crippen LogP contribution in [0.4, 0.5) is 0 Å². The molecule has 0 radical (unpaired) electrons. The zero-order valence-electron chi connectivity index (χ0n) is 11.3. The maximum absolute atomic E-state index is 11.7. The van der Waals surface area contributed by atoms with Crippen LogP contribution in [0, 0.1) is 0 Å². The first-order valence-corrected chi connectivity index (χ1v) is 7.21. The Morgan fingerprint density at radius 2 is 2.16 bits per heavy atom. The van der Waals surface area contributed by atoms with Gasteiger partial charge in [0, 0.05) is 17.0 Å². The van der Waals surface area contributed by atoms with Crippen LogP contribution in [0.1, 0.15) is 38.2 Å². The van der Waals surface area contributed by atoms with E-state index < -0.39 is 6.04 Å². The van der Waals surface area contributed by atoms with E-state index in [-0.39, 0.29) is 11.3 Å². The minimum Gasteiger partial charge on any atom is -0.354 e. The van der Waals surface area contributed by atoms with Crippen molar-refractivity contribution >= 4 is 17.5 Å². The molecule has 0 aliphatic heterocycles. The molecule has 0 aromatic heterocycles. The van der Waals surface area contributed by atoms with Crippen molar-refractivity contribution in [2.75, 3.05) is 6.54 Å². The standard InChI is InChI=1S/C15H21ClN2O/c1-11(17)14(19)18-10-15(7-2-3-8-15)12-5-4-6-13(16)9-12/h4-6,9,11H,2-3,7-8,10,17H2,1H3,(H,18,19)/t11-/m1/s1. The molecular weight excluding hydrogens is 260 g/mol. The minimum absolute atomic E-state index is 0.0233. The van der Waals surface area contributed by atoms with E-state index in [9.17, 15) is 4.79 Å². The fourth-order valence-corrected chi connectivity index (χ4v) is 3.05. The van der Waals surface area contributed by atoms with E-state index in [1.807, 2.05) is 18.2 Å². The van der Waals surface area contributed by atoms with Crippen molar-refractivity contribution < 1.29 is 4.79 Å². The summed E-state index contributed by atoms with van der Waals surface area (Å²) >= 11 is 6.09. The number of hydrogen-bond donors (Lipinski definition) is 2. The minimum atomic E-state index is -0.460. The maximum atomic E-state index is 11.7. The molecule has 19 heavy (non-hydrogen) atoms. The molecule has 1 fully saturated rings. The molecule has 2 rings (SSSR count). The second-order valence-electron chi connectivity index (χ2n) is 5.50. The molecule has 1 aromatic rings. The average Bonchev–Trinajstić information content (AvgIpc) is 2.86. The maximum Gasteiger partial charge on any atom is 0.236 e. The molecule has 1 atom stereocenters. The van der Waals surface area contributed by atoms with E-state index in [1.165, 1.54) is 18.4 Å². The van der Waals surface area contributed by atoms with Crippen LogP contribution in [0.15, 0.2) is 24.3 Å². The van der Waals surface area contributed by atoms with Gasteiger partial charge < -0.3 is 11.1 Å². The number of nitrogens with one attached hydrogen (secondary N) is 1. The van der Waals surface area contributed by atoms with Gasteiger partial charge in [0.25, 0.3) is 0 Å². The summed E-state index contributed by atoms with van der Waals surface area (Å²) in [6.45, 7) is 2.35. The Morgan fingerprint density at radius 3 is 2.74 bits per heavy atom. The summed E-state index contributed by atoms with van der Waals surface area (Å²) in [6, 6.07) is 7.53. The molecule has 0 spiro atoms. The summed E-state index contributed by atoms with van der Waals surface area (Å²) < 4.78 is 0. The monoisotopic (exact) mass is 280 g/mol. The van der Waals surface area contributed by atoms with Crippen molar-refractivity contribution in [2.45, 2.75) is 44.1 Å². The molecule has 1 saturated carbocycles. The predicted molar refractivity (Wildman–Crippen MR) is 78.3 cm³/mol. The number of hydrogen-bond acceptors (Lipinski definition) is 2. The third-order valence-electron chi connectivity index (χ3n) is 4.01. The quantitative estimate of drug-likeness (QED) is 0.891. The van der Waals surface area contributed by atoms with E-state index in [2.05, 4.69) is 11.4 Å². The van der Waals surface area contributed by atoms with Crippen LogP contribution in [0.3, 0.4) is 0 Å². The van der Waals surface area contributed by atoms with Crippen LogP contribution in [0.2, 0.25) is 5.02 Å². The third kappa shape index (κ3) is 3.28. The molecule has 0 heterocycles. The summed E-state index contributed by atoms with van der Waals surface area (Å²) in [5.41, 5.74) is 6.84. The summed E-state index contributed by atoms with van der Waals surface area (Å²) in [4.78, 5) is 11.7. The molecule has 4 heteroatoms. The number of rotatable bonds is 4. The highest BCUT2D eigenvalue weighted by Crippen LogP contribution is 2.41. The van der Waals surface area contributed by atoms with Crippen LogP contribution in [0.25, 0.3) is 0 Å². The molecule has 3 nitrogen and oxygen atoms in total. The highest BCUT2D eigenvalue weighted by molar-refractivity contribution is 6.30. The first kappa shape index (κ1) is 14.4. The average molecular weight is 281 g/mol. The Labute approximate surface area is 119 Å². The lowest BCUT2D eigenvalue weighted by atomic mass is 9.79. The van der Waals surface area contributed by atoms with Crippen molar-refractivity contribution in [1.82, 2.24) is 5.32 Å². The first-order chi connectivity index (χ1) is 9.03. The Kier molecular flexibility index (Phi) is 4.48. The van der Waals surface area contributed by atoms with Crippen molar-refractivity contribution in [1.29, 1.82) is 0 Å².